The van der Waals surface area contributed by atoms with Crippen molar-refractivity contribution in [3.8, 4) is 0 Å². The highest BCUT2D eigenvalue weighted by atomic mass is 16.8. The number of nitrogens with two attached hydrogens (primary N) is 2. The average molecular weight is 1230 g/mol. The number of aliphatic hydroxyl groups is 10. The van der Waals surface area contributed by atoms with E-state index in [2.05, 4.69) is 40.7 Å². The molecule has 8 fully saturated rings. The SMILES string of the molecule is CC(=O)OC(C)C(C)C(=O)OCC12C3CC(C)(C)[C@H](O[C@@H]1C[C@]1(C)C3=CCC3C4(C)CCC(O[C@@H]5O[C@H](C(=O)O)[C@@H](O[C@H]6O[C@H](CO)[C@@H](O)[C@H](O)[C@H]6O)[C@H](O)[C@H]5O[C@@H]5OC[C@@H](O)[C@H](O)[C@H]5O)[C@](C)(CO)C4CCC31C)C2O.NCCC[C@H](N)C(=O)O. The van der Waals surface area contributed by atoms with E-state index in [0.29, 0.717) is 64.3 Å². The summed E-state index contributed by atoms with van der Waals surface area (Å²) in [6.07, 6.45) is -21.7. The molecule has 492 valence electrons. The first-order chi connectivity index (χ1) is 40.1. The fourth-order valence-electron chi connectivity index (χ4n) is 17.0. The van der Waals surface area contributed by atoms with Gasteiger partial charge in [0.1, 0.15) is 79.8 Å². The second-order valence-corrected chi connectivity index (χ2v) is 27.7. The largest absolute Gasteiger partial charge is 0.480 e. The lowest BCUT2D eigenvalue weighted by Gasteiger charge is -2.71. The molecule has 4 saturated carbocycles. The van der Waals surface area contributed by atoms with E-state index >= 15 is 0 Å². The van der Waals surface area contributed by atoms with Gasteiger partial charge in [-0.2, -0.15) is 0 Å². The summed E-state index contributed by atoms with van der Waals surface area (Å²) in [5.41, 5.74) is 7.88. The summed E-state index contributed by atoms with van der Waals surface area (Å²) in [4.78, 5) is 48.5. The predicted molar refractivity (Wildman–Crippen MR) is 295 cm³/mol. The highest BCUT2D eigenvalue weighted by molar-refractivity contribution is 5.74. The lowest BCUT2D eigenvalue weighted by Crippen LogP contribution is -2.69. The molecule has 16 N–H and O–H groups in total. The van der Waals surface area contributed by atoms with E-state index in [0.717, 1.165) is 0 Å². The van der Waals surface area contributed by atoms with Crippen molar-refractivity contribution in [1.29, 1.82) is 0 Å². The van der Waals surface area contributed by atoms with Crippen molar-refractivity contribution in [2.75, 3.05) is 33.0 Å². The molecule has 27 nitrogen and oxygen atoms in total. The number of allylic oxidation sites excluding steroid dienone is 2. The van der Waals surface area contributed by atoms with Crippen LogP contribution in [-0.4, -0.2) is 241 Å². The molecule has 9 aliphatic rings. The van der Waals surface area contributed by atoms with Crippen LogP contribution in [-0.2, 0) is 61.8 Å². The Morgan fingerprint density at radius 3 is 2.05 bits per heavy atom. The Bertz CT molecular complexity index is 2460. The molecule has 5 aliphatic carbocycles. The fourth-order valence-corrected chi connectivity index (χ4v) is 17.0. The molecule has 29 atom stereocenters. The van der Waals surface area contributed by atoms with Crippen LogP contribution in [0.2, 0.25) is 0 Å². The Kier molecular flexibility index (Phi) is 20.7. The maximum atomic E-state index is 13.6. The molecule has 9 rings (SSSR count). The molecular formula is C59H96N2O25. The first-order valence-corrected chi connectivity index (χ1v) is 30.3. The van der Waals surface area contributed by atoms with Gasteiger partial charge in [0, 0.05) is 12.3 Å². The minimum Gasteiger partial charge on any atom is -0.480 e. The van der Waals surface area contributed by atoms with Crippen LogP contribution >= 0.6 is 0 Å². The van der Waals surface area contributed by atoms with Gasteiger partial charge < -0.3 is 115 Å². The highest BCUT2D eigenvalue weighted by Crippen LogP contribution is 2.77. The van der Waals surface area contributed by atoms with Gasteiger partial charge in [0.05, 0.1) is 55.6 Å². The van der Waals surface area contributed by atoms with Crippen molar-refractivity contribution in [1.82, 2.24) is 0 Å². The highest BCUT2D eigenvalue weighted by Gasteiger charge is 2.76. The molecule has 10 unspecified atom stereocenters. The van der Waals surface area contributed by atoms with Crippen molar-refractivity contribution < 1.29 is 123 Å². The second kappa shape index (κ2) is 25.9. The van der Waals surface area contributed by atoms with Crippen molar-refractivity contribution in [2.45, 2.75) is 243 Å². The summed E-state index contributed by atoms with van der Waals surface area (Å²) in [5, 5.41) is 129. The number of fused-ring (bicyclic) bond motifs is 7. The molecule has 0 aromatic heterocycles. The summed E-state index contributed by atoms with van der Waals surface area (Å²) in [5.74, 6) is -4.78. The topological polar surface area (TPSA) is 446 Å². The number of esters is 2. The number of aliphatic hydroxyl groups excluding tert-OH is 10. The zero-order chi connectivity index (χ0) is 63.7. The molecule has 4 aliphatic heterocycles. The first kappa shape index (κ1) is 68.8. The minimum absolute atomic E-state index is 0.0482. The number of carboxylic acid groups (broad SMARTS) is 2. The van der Waals surface area contributed by atoms with Gasteiger partial charge in [-0.25, -0.2) is 4.79 Å². The summed E-state index contributed by atoms with van der Waals surface area (Å²) in [6, 6.07) is -0.742. The van der Waals surface area contributed by atoms with Crippen LogP contribution in [0.3, 0.4) is 0 Å². The Hall–Kier alpha value is -3.14. The van der Waals surface area contributed by atoms with Gasteiger partial charge in [-0.15, -0.1) is 0 Å². The van der Waals surface area contributed by atoms with Crippen LogP contribution in [0.5, 0.6) is 0 Å². The number of ether oxygens (including phenoxy) is 9. The third kappa shape index (κ3) is 11.8. The Balaban J connectivity index is 0.000000987. The fraction of sp³-hybridized carbons (Fsp3) is 0.898. The zero-order valence-electron chi connectivity index (χ0n) is 50.7. The summed E-state index contributed by atoms with van der Waals surface area (Å²) < 4.78 is 54.3. The predicted octanol–water partition coefficient (Wildman–Crippen LogP) is -1.45. The van der Waals surface area contributed by atoms with Gasteiger partial charge in [0.15, 0.2) is 25.0 Å². The number of aliphatic carboxylic acids is 2. The van der Waals surface area contributed by atoms with Gasteiger partial charge in [-0.3, -0.25) is 14.4 Å². The standard InChI is InChI=1S/C54H84O23.C5H12N2O2/c1-22(23(2)71-24(3)57)45(68)70-21-54-26-16-49(4,5)43(42(54)65)73-32(54)17-53(9)25(26)10-11-30-50(6)14-13-31(51(7,20-56)29(50)12-15-52(30,53)8)74-48-40(76-46-36(62)33(59)27(58)19-69-46)38(64)39(41(77-48)44(66)67)75-47-37(63)35(61)34(60)28(18-55)72-47;6-3-1-2-4(7)5(8)9/h10,22-23,26-43,46-48,55-56,58-65H,11-21H2,1-9H3,(H,66,67);4H,1-3,6-7H2,(H,8,9)/t22?,23?,26?,27-,28-,29?,30?,31?,32-,33+,34-,35+,36-,37-,38+,39+,40-,41+,42?,43-,46+,47-,48-,50?,51-,52?,53-,54?;4-/m10/s1. The van der Waals surface area contributed by atoms with Crippen LogP contribution in [0.15, 0.2) is 11.6 Å². The van der Waals surface area contributed by atoms with Gasteiger partial charge >= 0.3 is 23.9 Å². The molecule has 27 heteroatoms. The summed E-state index contributed by atoms with van der Waals surface area (Å²) >= 11 is 0. The monoisotopic (exact) mass is 1230 g/mol. The van der Waals surface area contributed by atoms with E-state index in [1.165, 1.54) is 12.5 Å². The molecule has 0 aromatic rings. The molecule has 0 amide bonds. The number of carbonyl (C=O) groups excluding carboxylic acids is 2. The van der Waals surface area contributed by atoms with Crippen molar-refractivity contribution in [3.63, 3.8) is 0 Å². The van der Waals surface area contributed by atoms with E-state index < -0.39 is 193 Å². The third-order valence-electron chi connectivity index (χ3n) is 22.3. The molecule has 0 spiro atoms. The molecule has 4 heterocycles. The molecular weight excluding hydrogens is 1140 g/mol. The molecule has 0 radical (unpaired) electrons. The van der Waals surface area contributed by atoms with Gasteiger partial charge in [0.2, 0.25) is 0 Å². The lowest BCUT2D eigenvalue weighted by molar-refractivity contribution is -0.387. The van der Waals surface area contributed by atoms with Crippen LogP contribution < -0.4 is 11.5 Å². The number of rotatable bonds is 18. The van der Waals surface area contributed by atoms with E-state index in [4.69, 9.17) is 59.2 Å². The second-order valence-electron chi connectivity index (χ2n) is 27.7. The lowest BCUT2D eigenvalue weighted by atomic mass is 9.33. The van der Waals surface area contributed by atoms with E-state index in [1.54, 1.807) is 13.8 Å². The van der Waals surface area contributed by atoms with Gasteiger partial charge in [0.25, 0.3) is 0 Å². The first-order valence-electron chi connectivity index (χ1n) is 30.3. The summed E-state index contributed by atoms with van der Waals surface area (Å²) in [7, 11) is 0. The van der Waals surface area contributed by atoms with Crippen molar-refractivity contribution >= 4 is 23.9 Å². The molecule has 0 aromatic carbocycles. The Morgan fingerprint density at radius 2 is 1.43 bits per heavy atom. The van der Waals surface area contributed by atoms with Crippen molar-refractivity contribution in [2.24, 2.45) is 67.6 Å². The van der Waals surface area contributed by atoms with Crippen LogP contribution in [0.25, 0.3) is 0 Å². The van der Waals surface area contributed by atoms with Crippen LogP contribution in [0, 0.1) is 56.2 Å². The zero-order valence-corrected chi connectivity index (χ0v) is 50.7. The molecule has 86 heavy (non-hydrogen) atoms. The minimum atomic E-state index is -2.09. The maximum absolute atomic E-state index is 13.6. The maximum Gasteiger partial charge on any atom is 0.335 e. The number of hydrogen-bond donors (Lipinski definition) is 14. The Labute approximate surface area is 500 Å². The third-order valence-corrected chi connectivity index (χ3v) is 22.3. The smallest absolute Gasteiger partial charge is 0.335 e. The van der Waals surface area contributed by atoms with Crippen molar-refractivity contribution in [3.05, 3.63) is 11.6 Å². The molecule has 2 bridgehead atoms. The average Bonchev–Trinajstić information content (AvgIpc) is 1.24. The quantitative estimate of drug-likeness (QED) is 0.0424. The van der Waals surface area contributed by atoms with E-state index in [9.17, 15) is 75.3 Å². The number of carbonyl (C=O) groups is 4. The Morgan fingerprint density at radius 1 is 0.767 bits per heavy atom. The van der Waals surface area contributed by atoms with Gasteiger partial charge in [-0.05, 0) is 118 Å². The number of hydrogen-bond acceptors (Lipinski definition) is 25. The summed E-state index contributed by atoms with van der Waals surface area (Å²) in [6.45, 7) is 16.3. The van der Waals surface area contributed by atoms with E-state index in [-0.39, 0.29) is 36.4 Å². The molecule has 4 saturated heterocycles. The normalized spacial score (nSPS) is 47.6. The van der Waals surface area contributed by atoms with Crippen LogP contribution in [0.4, 0.5) is 0 Å². The number of carboxylic acids is 2. The van der Waals surface area contributed by atoms with Crippen LogP contribution in [0.1, 0.15) is 120 Å². The van der Waals surface area contributed by atoms with E-state index in [1.807, 2.05) is 6.92 Å². The van der Waals surface area contributed by atoms with Gasteiger partial charge in [-0.1, -0.05) is 53.2 Å².